The number of rotatable bonds is 13. The summed E-state index contributed by atoms with van der Waals surface area (Å²) in [5.41, 5.74) is 1.57. The quantitative estimate of drug-likeness (QED) is 0.309. The molecule has 0 bridgehead atoms. The van der Waals surface area contributed by atoms with Crippen LogP contribution in [0.3, 0.4) is 0 Å². The van der Waals surface area contributed by atoms with Crippen molar-refractivity contribution in [3.63, 3.8) is 0 Å². The second-order valence-electron chi connectivity index (χ2n) is 8.87. The van der Waals surface area contributed by atoms with E-state index in [-0.39, 0.29) is 37.1 Å². The monoisotopic (exact) mass is 592 g/mol. The molecule has 2 N–H and O–H groups in total. The van der Waals surface area contributed by atoms with E-state index in [1.807, 2.05) is 11.6 Å². The fourth-order valence-electron chi connectivity index (χ4n) is 4.10. The van der Waals surface area contributed by atoms with Crippen LogP contribution in [0.25, 0.3) is 0 Å². The molecule has 3 rings (SSSR count). The molecule has 1 aromatic heterocycles. The Balaban J connectivity index is 1.89. The first-order valence-electron chi connectivity index (χ1n) is 12.5. The maximum Gasteiger partial charge on any atom is 0.301 e. The molecule has 0 fully saturated rings. The number of methoxy groups -OCH3 is 2. The minimum atomic E-state index is -4.02. The summed E-state index contributed by atoms with van der Waals surface area (Å²) in [5.74, 6) is -0.544. The van der Waals surface area contributed by atoms with Crippen LogP contribution in [0.4, 0.5) is 4.39 Å². The predicted octanol–water partition coefficient (Wildman–Crippen LogP) is 3.78. The van der Waals surface area contributed by atoms with Crippen LogP contribution in [0, 0.1) is 19.7 Å². The average molecular weight is 593 g/mol. The maximum atomic E-state index is 14.2. The van der Waals surface area contributed by atoms with Crippen molar-refractivity contribution in [1.82, 2.24) is 19.3 Å². The fraction of sp³-hybridized carbons (Fsp3) is 0.370. The maximum absolute atomic E-state index is 14.2. The molecular weight excluding hydrogens is 559 g/mol. The van der Waals surface area contributed by atoms with E-state index in [4.69, 9.17) is 9.47 Å². The van der Waals surface area contributed by atoms with Crippen LogP contribution in [0.15, 0.2) is 36.4 Å². The Morgan fingerprint density at radius 2 is 1.75 bits per heavy atom. The van der Waals surface area contributed by atoms with Crippen molar-refractivity contribution in [2.75, 3.05) is 27.3 Å². The second kappa shape index (κ2) is 13.7. The number of aromatic nitrogens is 1. The first-order valence-corrected chi connectivity index (χ1v) is 14.8. The van der Waals surface area contributed by atoms with Gasteiger partial charge >= 0.3 is 10.2 Å². The van der Waals surface area contributed by atoms with E-state index in [1.54, 1.807) is 49.1 Å². The van der Waals surface area contributed by atoms with Crippen molar-refractivity contribution in [2.24, 2.45) is 0 Å². The van der Waals surface area contributed by atoms with E-state index in [9.17, 15) is 22.4 Å². The lowest BCUT2D eigenvalue weighted by Crippen LogP contribution is -2.40. The third kappa shape index (κ3) is 7.77. The highest BCUT2D eigenvalue weighted by Gasteiger charge is 2.24. The zero-order chi connectivity index (χ0) is 29.4. The molecule has 0 saturated heterocycles. The zero-order valence-electron chi connectivity index (χ0n) is 23.0. The number of amides is 2. The highest BCUT2D eigenvalue weighted by Crippen LogP contribution is 2.30. The van der Waals surface area contributed by atoms with Crippen molar-refractivity contribution in [3.8, 4) is 11.5 Å². The number of nitrogens with zero attached hydrogens (tertiary/aromatic N) is 2. The molecule has 0 atom stereocenters. The van der Waals surface area contributed by atoms with E-state index < -0.39 is 16.1 Å². The molecule has 13 heteroatoms. The fourth-order valence-corrected chi connectivity index (χ4v) is 5.83. The van der Waals surface area contributed by atoms with Gasteiger partial charge in [0.1, 0.15) is 28.0 Å². The van der Waals surface area contributed by atoms with Crippen molar-refractivity contribution in [1.29, 1.82) is 0 Å². The van der Waals surface area contributed by atoms with Crippen molar-refractivity contribution in [3.05, 3.63) is 74.5 Å². The van der Waals surface area contributed by atoms with E-state index in [1.165, 1.54) is 31.6 Å². The van der Waals surface area contributed by atoms with Crippen molar-refractivity contribution >= 4 is 33.4 Å². The molecule has 0 aliphatic carbocycles. The van der Waals surface area contributed by atoms with Crippen LogP contribution in [0.5, 0.6) is 11.5 Å². The molecule has 0 unspecified atom stereocenters. The first kappa shape index (κ1) is 31.0. The van der Waals surface area contributed by atoms with Gasteiger partial charge < -0.3 is 14.4 Å². The lowest BCUT2D eigenvalue weighted by Gasteiger charge is -2.23. The molecule has 0 radical (unpaired) electrons. The van der Waals surface area contributed by atoms with Crippen LogP contribution >= 0.6 is 11.3 Å². The standard InChI is InChI=1S/C27H33FN4O6S2/c1-6-29-40(35,36)31-26(33)25-18(3)39-24(30-25)16-32(13-9-11-19-10-7-8-12-21(19)28)27(34)20-14-22(37-4)17(2)23(15-20)38-5/h7-8,10,12,14-15,29H,6,9,11,13,16H2,1-5H3,(H,31,33). The van der Waals surface area contributed by atoms with E-state index in [0.717, 1.165) is 5.56 Å². The Labute approximate surface area is 237 Å². The number of thiazole rings is 1. The summed E-state index contributed by atoms with van der Waals surface area (Å²) in [6.45, 7) is 5.48. The van der Waals surface area contributed by atoms with Gasteiger partial charge in [-0.05, 0) is 50.5 Å². The number of halogens is 1. The Bertz CT molecular complexity index is 1450. The summed E-state index contributed by atoms with van der Waals surface area (Å²) in [7, 11) is -1.01. The van der Waals surface area contributed by atoms with Gasteiger partial charge in [-0.3, -0.25) is 9.59 Å². The Kier molecular flexibility index (Phi) is 10.6. The minimum absolute atomic E-state index is 0.0427. The lowest BCUT2D eigenvalue weighted by atomic mass is 10.1. The third-order valence-electron chi connectivity index (χ3n) is 6.06. The largest absolute Gasteiger partial charge is 0.496 e. The van der Waals surface area contributed by atoms with Crippen LogP contribution in [-0.4, -0.2) is 57.4 Å². The minimum Gasteiger partial charge on any atom is -0.496 e. The predicted molar refractivity (Wildman–Crippen MR) is 151 cm³/mol. The van der Waals surface area contributed by atoms with Gasteiger partial charge in [-0.2, -0.15) is 13.1 Å². The highest BCUT2D eigenvalue weighted by molar-refractivity contribution is 7.88. The van der Waals surface area contributed by atoms with Gasteiger partial charge in [-0.1, -0.05) is 25.1 Å². The van der Waals surface area contributed by atoms with Gasteiger partial charge in [-0.15, -0.1) is 11.3 Å². The van der Waals surface area contributed by atoms with Crippen molar-refractivity contribution < 1.29 is 31.9 Å². The van der Waals surface area contributed by atoms with Crippen LogP contribution < -0.4 is 18.9 Å². The molecule has 2 aromatic carbocycles. The summed E-state index contributed by atoms with van der Waals surface area (Å²) in [6.07, 6.45) is 0.870. The number of hydrogen-bond donors (Lipinski definition) is 2. The van der Waals surface area contributed by atoms with Gasteiger partial charge in [0.25, 0.3) is 11.8 Å². The Hall–Kier alpha value is -3.55. The van der Waals surface area contributed by atoms with Crippen LogP contribution in [0.2, 0.25) is 0 Å². The Morgan fingerprint density at radius 1 is 1.10 bits per heavy atom. The second-order valence-corrected chi connectivity index (χ2v) is 11.7. The van der Waals surface area contributed by atoms with Gasteiger partial charge in [0.2, 0.25) is 0 Å². The van der Waals surface area contributed by atoms with Gasteiger partial charge in [-0.25, -0.2) is 14.1 Å². The number of hydrogen-bond acceptors (Lipinski definition) is 8. The molecule has 0 aliphatic rings. The topological polar surface area (TPSA) is 127 Å². The zero-order valence-corrected chi connectivity index (χ0v) is 24.7. The number of carbonyl (C=O) groups is 2. The smallest absolute Gasteiger partial charge is 0.301 e. The van der Waals surface area contributed by atoms with Crippen LogP contribution in [0.1, 0.15) is 55.2 Å². The molecular formula is C27H33FN4O6S2. The summed E-state index contributed by atoms with van der Waals surface area (Å²) < 4.78 is 53.1. The third-order valence-corrected chi connectivity index (χ3v) is 8.14. The molecule has 10 nitrogen and oxygen atoms in total. The number of ether oxygens (including phenoxy) is 2. The highest BCUT2D eigenvalue weighted by atomic mass is 32.2. The lowest BCUT2D eigenvalue weighted by molar-refractivity contribution is 0.0740. The van der Waals surface area contributed by atoms with Gasteiger partial charge in [0.15, 0.2) is 0 Å². The Morgan fingerprint density at radius 3 is 2.35 bits per heavy atom. The molecule has 3 aromatic rings. The molecule has 0 saturated carbocycles. The van der Waals surface area contributed by atoms with Crippen molar-refractivity contribution in [2.45, 2.75) is 40.2 Å². The van der Waals surface area contributed by atoms with E-state index >= 15 is 0 Å². The van der Waals surface area contributed by atoms with E-state index in [0.29, 0.717) is 45.4 Å². The summed E-state index contributed by atoms with van der Waals surface area (Å²) >= 11 is 1.18. The number of benzene rings is 2. The summed E-state index contributed by atoms with van der Waals surface area (Å²) in [6, 6.07) is 9.73. The molecule has 40 heavy (non-hydrogen) atoms. The SMILES string of the molecule is CCNS(=O)(=O)NC(=O)c1nc(CN(CCCc2ccccc2F)C(=O)c2cc(OC)c(C)c(OC)c2)sc1C. The summed E-state index contributed by atoms with van der Waals surface area (Å²) in [4.78, 5) is 32.8. The molecule has 216 valence electrons. The number of nitrogens with one attached hydrogen (secondary N) is 2. The number of carbonyl (C=O) groups excluding carboxylic acids is 2. The number of aryl methyl sites for hydroxylation is 2. The molecule has 0 aliphatic heterocycles. The first-order chi connectivity index (χ1) is 19.0. The van der Waals surface area contributed by atoms with Crippen LogP contribution in [-0.2, 0) is 23.2 Å². The van der Waals surface area contributed by atoms with Gasteiger partial charge in [0.05, 0.1) is 20.8 Å². The van der Waals surface area contributed by atoms with Gasteiger partial charge in [0, 0.05) is 29.1 Å². The average Bonchev–Trinajstić information content (AvgIpc) is 3.28. The molecule has 2 amide bonds. The molecule has 1 heterocycles. The normalized spacial score (nSPS) is 11.2. The summed E-state index contributed by atoms with van der Waals surface area (Å²) in [5, 5.41) is 0.439. The molecule has 0 spiro atoms. The van der Waals surface area contributed by atoms with E-state index in [2.05, 4.69) is 9.71 Å².